The summed E-state index contributed by atoms with van der Waals surface area (Å²) in [6.07, 6.45) is 32.9. The molecule has 1 fully saturated rings. The van der Waals surface area contributed by atoms with Gasteiger partial charge in [0.2, 0.25) is 0 Å². The van der Waals surface area contributed by atoms with Crippen molar-refractivity contribution in [2.24, 2.45) is 0 Å². The maximum absolute atomic E-state index is 12.7. The van der Waals surface area contributed by atoms with Gasteiger partial charge in [0.05, 0.1) is 6.61 Å². The molecular formula is C45H74O11. The average Bonchev–Trinajstić information content (AvgIpc) is 3.18. The van der Waals surface area contributed by atoms with Gasteiger partial charge < -0.3 is 39.4 Å². The molecule has 0 saturated carbocycles. The first-order valence-corrected chi connectivity index (χ1v) is 21.3. The first-order chi connectivity index (χ1) is 27.2. The first-order valence-electron chi connectivity index (χ1n) is 21.3. The minimum Gasteiger partial charge on any atom is -0.479 e. The first kappa shape index (κ1) is 50.9. The van der Waals surface area contributed by atoms with Crippen molar-refractivity contribution in [2.75, 3.05) is 13.2 Å². The Bertz CT molecular complexity index is 1160. The van der Waals surface area contributed by atoms with Crippen LogP contribution in [0.25, 0.3) is 0 Å². The highest BCUT2D eigenvalue weighted by Gasteiger charge is 2.47. The number of aliphatic hydroxyl groups excluding tert-OH is 3. The van der Waals surface area contributed by atoms with Crippen LogP contribution in [0.15, 0.2) is 60.8 Å². The summed E-state index contributed by atoms with van der Waals surface area (Å²) >= 11 is 0. The number of carboxylic acid groups (broad SMARTS) is 1. The van der Waals surface area contributed by atoms with Gasteiger partial charge in [0, 0.05) is 12.8 Å². The third-order valence-corrected chi connectivity index (χ3v) is 9.36. The number of allylic oxidation sites excluding steroid dienone is 10. The molecular weight excluding hydrogens is 716 g/mol. The van der Waals surface area contributed by atoms with Gasteiger partial charge in [0.25, 0.3) is 0 Å². The largest absolute Gasteiger partial charge is 0.479 e. The zero-order valence-electron chi connectivity index (χ0n) is 34.4. The van der Waals surface area contributed by atoms with Gasteiger partial charge in [-0.05, 0) is 64.2 Å². The summed E-state index contributed by atoms with van der Waals surface area (Å²) in [7, 11) is 0. The Labute approximate surface area is 336 Å². The number of esters is 2. The molecule has 6 atom stereocenters. The molecule has 0 bridgehead atoms. The zero-order chi connectivity index (χ0) is 41.1. The van der Waals surface area contributed by atoms with Gasteiger partial charge in [-0.3, -0.25) is 9.59 Å². The molecule has 11 heteroatoms. The lowest BCUT2D eigenvalue weighted by Gasteiger charge is -2.38. The molecule has 320 valence electrons. The summed E-state index contributed by atoms with van der Waals surface area (Å²) < 4.78 is 21.6. The highest BCUT2D eigenvalue weighted by atomic mass is 16.7. The van der Waals surface area contributed by atoms with E-state index in [1.54, 1.807) is 0 Å². The number of unbranched alkanes of at least 4 members (excludes halogenated alkanes) is 13. The summed E-state index contributed by atoms with van der Waals surface area (Å²) in [6.45, 7) is 3.61. The van der Waals surface area contributed by atoms with Crippen molar-refractivity contribution in [1.82, 2.24) is 0 Å². The van der Waals surface area contributed by atoms with E-state index >= 15 is 0 Å². The average molecular weight is 791 g/mol. The molecule has 1 aliphatic heterocycles. The Morgan fingerprint density at radius 1 is 0.571 bits per heavy atom. The highest BCUT2D eigenvalue weighted by molar-refractivity contribution is 5.73. The number of aliphatic hydroxyl groups is 3. The topological polar surface area (TPSA) is 169 Å². The summed E-state index contributed by atoms with van der Waals surface area (Å²) in [4.78, 5) is 36.7. The van der Waals surface area contributed by atoms with Crippen molar-refractivity contribution in [1.29, 1.82) is 0 Å². The van der Waals surface area contributed by atoms with Gasteiger partial charge in [-0.2, -0.15) is 0 Å². The molecule has 4 N–H and O–H groups in total. The summed E-state index contributed by atoms with van der Waals surface area (Å²) in [5, 5.41) is 39.7. The van der Waals surface area contributed by atoms with E-state index in [1.165, 1.54) is 57.8 Å². The van der Waals surface area contributed by atoms with Crippen molar-refractivity contribution < 1.29 is 53.8 Å². The molecule has 1 heterocycles. The molecule has 11 nitrogen and oxygen atoms in total. The fourth-order valence-electron chi connectivity index (χ4n) is 6.00. The molecule has 1 rings (SSSR count). The van der Waals surface area contributed by atoms with Crippen LogP contribution in [0.2, 0.25) is 0 Å². The Balaban J connectivity index is 2.44. The Kier molecular flexibility index (Phi) is 31.9. The number of carboxylic acids is 1. The predicted molar refractivity (Wildman–Crippen MR) is 220 cm³/mol. The number of hydrogen-bond acceptors (Lipinski definition) is 10. The summed E-state index contributed by atoms with van der Waals surface area (Å²) in [5.74, 6) is -2.56. The lowest BCUT2D eigenvalue weighted by molar-refractivity contribution is -0.298. The highest BCUT2D eigenvalue weighted by Crippen LogP contribution is 2.23. The van der Waals surface area contributed by atoms with Gasteiger partial charge in [-0.25, -0.2) is 4.79 Å². The summed E-state index contributed by atoms with van der Waals surface area (Å²) in [5.41, 5.74) is 0. The Hall–Kier alpha value is -3.09. The lowest BCUT2D eigenvalue weighted by Crippen LogP contribution is -2.60. The van der Waals surface area contributed by atoms with E-state index in [0.29, 0.717) is 12.8 Å². The van der Waals surface area contributed by atoms with Crippen LogP contribution in [0.5, 0.6) is 0 Å². The maximum Gasteiger partial charge on any atom is 0.335 e. The molecule has 1 aliphatic rings. The third-order valence-electron chi connectivity index (χ3n) is 9.36. The normalized spacial score (nSPS) is 20.9. The van der Waals surface area contributed by atoms with Crippen molar-refractivity contribution in [2.45, 2.75) is 192 Å². The van der Waals surface area contributed by atoms with E-state index in [4.69, 9.17) is 18.9 Å². The van der Waals surface area contributed by atoms with Crippen molar-refractivity contribution in [3.63, 3.8) is 0 Å². The van der Waals surface area contributed by atoms with Crippen molar-refractivity contribution >= 4 is 17.9 Å². The zero-order valence-corrected chi connectivity index (χ0v) is 34.4. The molecule has 0 amide bonds. The minimum atomic E-state index is -1.87. The second-order valence-corrected chi connectivity index (χ2v) is 14.4. The smallest absolute Gasteiger partial charge is 0.335 e. The fourth-order valence-corrected chi connectivity index (χ4v) is 6.00. The number of carbonyl (C=O) groups is 3. The van der Waals surface area contributed by atoms with Gasteiger partial charge >= 0.3 is 17.9 Å². The van der Waals surface area contributed by atoms with E-state index in [1.807, 2.05) is 12.2 Å². The van der Waals surface area contributed by atoms with Gasteiger partial charge in [-0.1, -0.05) is 139 Å². The second kappa shape index (κ2) is 35.1. The van der Waals surface area contributed by atoms with Crippen LogP contribution >= 0.6 is 0 Å². The molecule has 0 spiro atoms. The Morgan fingerprint density at radius 3 is 1.66 bits per heavy atom. The number of carbonyl (C=O) groups excluding carboxylic acids is 2. The SMILES string of the molecule is CC/C=C\C/C=C\C/C=C\C/C=C\CCC(=O)OCC(COC1OC(C(=O)O)C(O)C(O)C1O)OC(=O)CCCCCCCCC/C=C\CCCCCCCC. The van der Waals surface area contributed by atoms with Crippen LogP contribution in [0.4, 0.5) is 0 Å². The van der Waals surface area contributed by atoms with E-state index in [2.05, 4.69) is 62.5 Å². The predicted octanol–water partition coefficient (Wildman–Crippen LogP) is 8.75. The minimum absolute atomic E-state index is 0.112. The van der Waals surface area contributed by atoms with Crippen LogP contribution in [-0.4, -0.2) is 88.4 Å². The monoisotopic (exact) mass is 791 g/mol. The fraction of sp³-hybridized carbons (Fsp3) is 0.711. The van der Waals surface area contributed by atoms with Gasteiger partial charge in [0.15, 0.2) is 18.5 Å². The number of aliphatic carboxylic acids is 1. The number of hydrogen-bond donors (Lipinski definition) is 4. The molecule has 56 heavy (non-hydrogen) atoms. The third kappa shape index (κ3) is 26.7. The second-order valence-electron chi connectivity index (χ2n) is 14.4. The van der Waals surface area contributed by atoms with Crippen LogP contribution in [-0.2, 0) is 33.3 Å². The van der Waals surface area contributed by atoms with Gasteiger partial charge in [-0.15, -0.1) is 0 Å². The summed E-state index contributed by atoms with van der Waals surface area (Å²) in [6, 6.07) is 0. The molecule has 0 aliphatic carbocycles. The van der Waals surface area contributed by atoms with Gasteiger partial charge in [0.1, 0.15) is 24.9 Å². The maximum atomic E-state index is 12.7. The van der Waals surface area contributed by atoms with E-state index < -0.39 is 61.3 Å². The molecule has 0 radical (unpaired) electrons. The molecule has 0 aromatic heterocycles. The van der Waals surface area contributed by atoms with Crippen LogP contribution in [0.3, 0.4) is 0 Å². The number of rotatable bonds is 34. The molecule has 1 saturated heterocycles. The van der Waals surface area contributed by atoms with E-state index in [-0.39, 0.29) is 19.4 Å². The van der Waals surface area contributed by atoms with E-state index in [9.17, 15) is 34.8 Å². The molecule has 0 aromatic carbocycles. The quantitative estimate of drug-likeness (QED) is 0.0279. The lowest BCUT2D eigenvalue weighted by atomic mass is 9.99. The van der Waals surface area contributed by atoms with E-state index in [0.717, 1.165) is 57.8 Å². The van der Waals surface area contributed by atoms with Crippen LogP contribution in [0, 0.1) is 0 Å². The Morgan fingerprint density at radius 2 is 1.09 bits per heavy atom. The molecule has 6 unspecified atom stereocenters. The van der Waals surface area contributed by atoms with Crippen molar-refractivity contribution in [3.05, 3.63) is 60.8 Å². The standard InChI is InChI=1S/C45H74O11/c1-3-5-7-9-11-13-15-17-18-19-20-22-24-26-28-30-32-34-39(47)55-37(36-54-45-42(50)40(48)41(49)43(56-45)44(51)52)35-53-38(46)33-31-29-27-25-23-21-16-14-12-10-8-6-4-2/h6,8,12,14,17-18,21,23,27,29,37,40-43,45,48-50H,3-5,7,9-11,13,15-16,19-20,22,24-26,28,30-36H2,1-2H3,(H,51,52)/b8-6-,14-12-,18-17-,23-21-,29-27-. The van der Waals surface area contributed by atoms with Crippen LogP contribution in [0.1, 0.15) is 155 Å². The number of ether oxygens (including phenoxy) is 4. The van der Waals surface area contributed by atoms with Crippen molar-refractivity contribution in [3.8, 4) is 0 Å². The van der Waals surface area contributed by atoms with Crippen LogP contribution < -0.4 is 0 Å². The molecule has 0 aromatic rings.